The molecule has 34 heavy (non-hydrogen) atoms. The molecule has 0 radical (unpaired) electrons. The van der Waals surface area contributed by atoms with E-state index in [9.17, 15) is 32.9 Å². The molecule has 3 N–H and O–H groups in total. The van der Waals surface area contributed by atoms with E-state index in [1.807, 2.05) is 0 Å². The van der Waals surface area contributed by atoms with Crippen molar-refractivity contribution in [1.29, 1.82) is 0 Å². The highest BCUT2D eigenvalue weighted by atomic mass is 32.2. The molecule has 0 spiro atoms. The molecule has 13 heteroatoms. The number of pyridine rings is 1. The van der Waals surface area contributed by atoms with Crippen LogP contribution in [0.2, 0.25) is 0 Å². The first kappa shape index (κ1) is 24.1. The van der Waals surface area contributed by atoms with Crippen LogP contribution in [0.1, 0.15) is 10.4 Å². The first-order valence-corrected chi connectivity index (χ1v) is 11.1. The Morgan fingerprint density at radius 3 is 2.41 bits per heavy atom. The van der Waals surface area contributed by atoms with E-state index in [0.29, 0.717) is 10.3 Å². The number of primary amides is 1. The molecular weight excluding hydrogens is 466 g/mol. The SMILES string of the molecule is CN(c1ccccc1)S(=O)(=O)c1cccc(NC(=O)Cn2cc([N+](=O)[O-])cc(C(N)=O)c2=O)c1. The zero-order valence-electron chi connectivity index (χ0n) is 17.7. The molecule has 0 aliphatic heterocycles. The average molecular weight is 485 g/mol. The van der Waals surface area contributed by atoms with Crippen LogP contribution in [-0.2, 0) is 21.4 Å². The van der Waals surface area contributed by atoms with Gasteiger partial charge in [-0.25, -0.2) is 8.42 Å². The molecule has 1 aromatic heterocycles. The Bertz CT molecular complexity index is 1440. The van der Waals surface area contributed by atoms with Crippen LogP contribution < -0.4 is 20.9 Å². The second-order valence-electron chi connectivity index (χ2n) is 7.05. The summed E-state index contributed by atoms with van der Waals surface area (Å²) in [6, 6.07) is 14.6. The Morgan fingerprint density at radius 1 is 1.12 bits per heavy atom. The second kappa shape index (κ2) is 9.54. The lowest BCUT2D eigenvalue weighted by Crippen LogP contribution is -2.33. The second-order valence-corrected chi connectivity index (χ2v) is 9.02. The maximum Gasteiger partial charge on any atom is 0.286 e. The zero-order valence-corrected chi connectivity index (χ0v) is 18.6. The Kier molecular flexibility index (Phi) is 6.77. The van der Waals surface area contributed by atoms with Gasteiger partial charge in [0.15, 0.2) is 0 Å². The van der Waals surface area contributed by atoms with E-state index in [1.165, 1.54) is 31.3 Å². The first-order valence-electron chi connectivity index (χ1n) is 9.63. The minimum absolute atomic E-state index is 0.0971. The fourth-order valence-electron chi connectivity index (χ4n) is 3.04. The molecule has 2 amide bonds. The van der Waals surface area contributed by atoms with Crippen LogP contribution in [0.3, 0.4) is 0 Å². The number of aromatic nitrogens is 1. The van der Waals surface area contributed by atoms with Crippen molar-refractivity contribution in [3.63, 3.8) is 0 Å². The van der Waals surface area contributed by atoms with Gasteiger partial charge in [0, 0.05) is 18.8 Å². The fraction of sp³-hybridized carbons (Fsp3) is 0.0952. The Labute approximate surface area is 193 Å². The van der Waals surface area contributed by atoms with E-state index in [0.717, 1.165) is 16.6 Å². The van der Waals surface area contributed by atoms with Gasteiger partial charge >= 0.3 is 0 Å². The number of amides is 2. The number of benzene rings is 2. The third-order valence-corrected chi connectivity index (χ3v) is 6.54. The maximum absolute atomic E-state index is 13.0. The number of carbonyl (C=O) groups is 2. The lowest BCUT2D eigenvalue weighted by molar-refractivity contribution is -0.385. The van der Waals surface area contributed by atoms with Gasteiger partial charge in [-0.1, -0.05) is 24.3 Å². The van der Waals surface area contributed by atoms with Crippen molar-refractivity contribution in [2.75, 3.05) is 16.7 Å². The molecular formula is C21H19N5O7S. The summed E-state index contributed by atoms with van der Waals surface area (Å²) in [7, 11) is -2.56. The van der Waals surface area contributed by atoms with Crippen LogP contribution in [0.15, 0.2) is 76.6 Å². The number of para-hydroxylation sites is 1. The number of carbonyl (C=O) groups excluding carboxylic acids is 2. The molecule has 3 aromatic rings. The Balaban J connectivity index is 1.85. The van der Waals surface area contributed by atoms with Crippen LogP contribution in [0.4, 0.5) is 17.1 Å². The number of nitrogens with zero attached hydrogens (tertiary/aromatic N) is 3. The van der Waals surface area contributed by atoms with Crippen molar-refractivity contribution in [1.82, 2.24) is 4.57 Å². The van der Waals surface area contributed by atoms with E-state index in [2.05, 4.69) is 5.32 Å². The summed E-state index contributed by atoms with van der Waals surface area (Å²) >= 11 is 0. The summed E-state index contributed by atoms with van der Waals surface area (Å²) in [5.41, 5.74) is 3.43. The van der Waals surface area contributed by atoms with Gasteiger partial charge in [-0.05, 0) is 30.3 Å². The number of rotatable bonds is 8. The van der Waals surface area contributed by atoms with Crippen molar-refractivity contribution in [3.05, 3.63) is 92.9 Å². The molecule has 0 aliphatic rings. The van der Waals surface area contributed by atoms with E-state index < -0.39 is 50.1 Å². The minimum atomic E-state index is -3.95. The topological polar surface area (TPSA) is 175 Å². The van der Waals surface area contributed by atoms with Crippen LogP contribution in [0, 0.1) is 10.1 Å². The third-order valence-electron chi connectivity index (χ3n) is 4.76. The van der Waals surface area contributed by atoms with Gasteiger partial charge in [0.1, 0.15) is 12.1 Å². The monoisotopic (exact) mass is 485 g/mol. The summed E-state index contributed by atoms with van der Waals surface area (Å²) in [6.07, 6.45) is 0.810. The maximum atomic E-state index is 13.0. The lowest BCUT2D eigenvalue weighted by Gasteiger charge is -2.20. The molecule has 0 aliphatic carbocycles. The predicted molar refractivity (Wildman–Crippen MR) is 123 cm³/mol. The zero-order chi connectivity index (χ0) is 25.0. The van der Waals surface area contributed by atoms with Gasteiger partial charge in [-0.3, -0.25) is 33.4 Å². The summed E-state index contributed by atoms with van der Waals surface area (Å²) in [5, 5.41) is 13.5. The number of sulfonamides is 1. The van der Waals surface area contributed by atoms with Gasteiger partial charge in [-0.2, -0.15) is 0 Å². The van der Waals surface area contributed by atoms with Gasteiger partial charge in [0.2, 0.25) is 5.91 Å². The molecule has 0 saturated carbocycles. The largest absolute Gasteiger partial charge is 0.365 e. The quantitative estimate of drug-likeness (QED) is 0.357. The van der Waals surface area contributed by atoms with E-state index in [-0.39, 0.29) is 10.6 Å². The molecule has 0 unspecified atom stereocenters. The van der Waals surface area contributed by atoms with Crippen molar-refractivity contribution < 1.29 is 22.9 Å². The molecule has 0 fully saturated rings. The van der Waals surface area contributed by atoms with Gasteiger partial charge in [0.25, 0.3) is 27.2 Å². The highest BCUT2D eigenvalue weighted by molar-refractivity contribution is 7.92. The summed E-state index contributed by atoms with van der Waals surface area (Å²) in [6.45, 7) is -0.679. The molecule has 12 nitrogen and oxygen atoms in total. The fourth-order valence-corrected chi connectivity index (χ4v) is 4.28. The molecule has 176 valence electrons. The van der Waals surface area contributed by atoms with E-state index in [1.54, 1.807) is 30.3 Å². The van der Waals surface area contributed by atoms with Crippen LogP contribution in [0.5, 0.6) is 0 Å². The van der Waals surface area contributed by atoms with E-state index in [4.69, 9.17) is 5.73 Å². The molecule has 3 rings (SSSR count). The van der Waals surface area contributed by atoms with Crippen LogP contribution >= 0.6 is 0 Å². The van der Waals surface area contributed by atoms with Gasteiger partial charge in [0.05, 0.1) is 21.7 Å². The van der Waals surface area contributed by atoms with Crippen molar-refractivity contribution >= 4 is 38.9 Å². The number of hydrogen-bond donors (Lipinski definition) is 2. The highest BCUT2D eigenvalue weighted by Gasteiger charge is 2.22. The number of hydrogen-bond acceptors (Lipinski definition) is 7. The Morgan fingerprint density at radius 2 is 1.79 bits per heavy atom. The summed E-state index contributed by atoms with van der Waals surface area (Å²) in [4.78, 5) is 46.4. The number of nitrogens with two attached hydrogens (primary N) is 1. The molecule has 2 aromatic carbocycles. The standard InChI is InChI=1S/C21H19N5O7S/c1-24(15-7-3-2-4-8-15)34(32,33)17-9-5-6-14(10-17)23-19(27)13-25-12-16(26(30)31)11-18(20(22)28)21(25)29/h2-12H,13H2,1H3,(H2,22,28)(H,23,27). The average Bonchev–Trinajstić information content (AvgIpc) is 2.80. The molecule has 0 saturated heterocycles. The van der Waals surface area contributed by atoms with E-state index >= 15 is 0 Å². The third kappa shape index (κ3) is 5.10. The summed E-state index contributed by atoms with van der Waals surface area (Å²) < 4.78 is 27.7. The highest BCUT2D eigenvalue weighted by Crippen LogP contribution is 2.23. The van der Waals surface area contributed by atoms with Crippen molar-refractivity contribution in [3.8, 4) is 0 Å². The summed E-state index contributed by atoms with van der Waals surface area (Å²) in [5.74, 6) is -1.97. The van der Waals surface area contributed by atoms with Crippen LogP contribution in [-0.4, -0.2) is 36.8 Å². The number of nitro groups is 1. The normalized spacial score (nSPS) is 11.0. The lowest BCUT2D eigenvalue weighted by atomic mass is 10.2. The van der Waals surface area contributed by atoms with Gasteiger partial charge in [-0.15, -0.1) is 0 Å². The smallest absolute Gasteiger partial charge is 0.286 e. The Hall–Kier alpha value is -4.52. The molecule has 0 bridgehead atoms. The van der Waals surface area contributed by atoms with Crippen molar-refractivity contribution in [2.24, 2.45) is 5.73 Å². The van der Waals surface area contributed by atoms with Crippen LogP contribution in [0.25, 0.3) is 0 Å². The van der Waals surface area contributed by atoms with Crippen molar-refractivity contribution in [2.45, 2.75) is 11.4 Å². The minimum Gasteiger partial charge on any atom is -0.365 e. The molecule has 0 atom stereocenters. The first-order chi connectivity index (χ1) is 16.0. The van der Waals surface area contributed by atoms with Gasteiger partial charge < -0.3 is 11.1 Å². The number of anilines is 2. The number of nitrogens with one attached hydrogen (secondary N) is 1. The predicted octanol–water partition coefficient (Wildman–Crippen LogP) is 1.32. The molecule has 1 heterocycles.